The van der Waals surface area contributed by atoms with Crippen LogP contribution in [0.4, 0.5) is 9.59 Å². The Morgan fingerprint density at radius 3 is 2.04 bits per heavy atom. The van der Waals surface area contributed by atoms with E-state index in [1.54, 1.807) is 48.5 Å². The second kappa shape index (κ2) is 16.0. The molecule has 11 nitrogen and oxygen atoms in total. The van der Waals surface area contributed by atoms with Crippen molar-refractivity contribution < 1.29 is 33.4 Å². The number of fused-ring (bicyclic) bond motifs is 1. The summed E-state index contributed by atoms with van der Waals surface area (Å²) in [6.45, 7) is 18.7. The van der Waals surface area contributed by atoms with Crippen LogP contribution in [0.2, 0.25) is 0 Å². The number of H-pyrrole nitrogens is 1. The number of rotatable bonds is 12. The highest BCUT2D eigenvalue weighted by molar-refractivity contribution is 6.05. The number of benzene rings is 1. The Kier molecular flexibility index (Phi) is 12.9. The van der Waals surface area contributed by atoms with Crippen LogP contribution in [0.1, 0.15) is 138 Å². The molecule has 11 heteroatoms. The van der Waals surface area contributed by atoms with E-state index in [2.05, 4.69) is 15.6 Å². The summed E-state index contributed by atoms with van der Waals surface area (Å²) in [6, 6.07) is 7.00. The summed E-state index contributed by atoms with van der Waals surface area (Å²) in [5.74, 6) is -0.634. The van der Waals surface area contributed by atoms with Crippen molar-refractivity contribution in [3.63, 3.8) is 0 Å². The fourth-order valence-electron chi connectivity index (χ4n) is 5.84. The fraction of sp³-hybridized carbons (Fsp3) is 0.605. The molecule has 1 aliphatic rings. The van der Waals surface area contributed by atoms with Crippen LogP contribution in [-0.4, -0.2) is 63.5 Å². The number of hydrogen-bond donors (Lipinski definition) is 3. The van der Waals surface area contributed by atoms with E-state index in [0.29, 0.717) is 48.9 Å². The van der Waals surface area contributed by atoms with Gasteiger partial charge in [-0.15, -0.1) is 0 Å². The number of amides is 4. The molecule has 0 saturated heterocycles. The Labute approximate surface area is 291 Å². The van der Waals surface area contributed by atoms with Gasteiger partial charge in [0.1, 0.15) is 22.9 Å². The number of ketones is 1. The van der Waals surface area contributed by atoms with Crippen LogP contribution in [0, 0.1) is 12.3 Å². The lowest BCUT2D eigenvalue weighted by molar-refractivity contribution is -0.123. The maximum atomic E-state index is 13.4. The van der Waals surface area contributed by atoms with Crippen LogP contribution >= 0.6 is 0 Å². The maximum Gasteiger partial charge on any atom is 0.419 e. The molecule has 0 saturated carbocycles. The lowest BCUT2D eigenvalue weighted by Crippen LogP contribution is -2.46. The van der Waals surface area contributed by atoms with Gasteiger partial charge in [-0.05, 0) is 96.3 Å². The molecule has 0 spiro atoms. The molecule has 0 aliphatic heterocycles. The molecule has 0 bridgehead atoms. The highest BCUT2D eigenvalue weighted by Gasteiger charge is 2.36. The van der Waals surface area contributed by atoms with E-state index in [1.165, 1.54) is 0 Å². The number of carbonyl (C=O) groups is 5. The Balaban J connectivity index is 1.58. The molecule has 0 fully saturated rings. The number of aromatic nitrogens is 1. The van der Waals surface area contributed by atoms with Crippen LogP contribution in [0.3, 0.4) is 0 Å². The molecule has 1 unspecified atom stereocenters. The Morgan fingerprint density at radius 2 is 1.49 bits per heavy atom. The third-order valence-electron chi connectivity index (χ3n) is 8.16. The molecule has 4 amide bonds. The molecule has 2 aromatic rings. The van der Waals surface area contributed by atoms with E-state index in [1.807, 2.05) is 45.0 Å². The average molecular weight is 681 g/mol. The minimum absolute atomic E-state index is 0.0360. The smallest absolute Gasteiger partial charge is 0.419 e. The third kappa shape index (κ3) is 11.7. The predicted molar refractivity (Wildman–Crippen MR) is 189 cm³/mol. The predicted octanol–water partition coefficient (Wildman–Crippen LogP) is 7.19. The van der Waals surface area contributed by atoms with Crippen molar-refractivity contribution in [1.29, 1.82) is 0 Å². The molecular weight excluding hydrogens is 624 g/mol. The van der Waals surface area contributed by atoms with Crippen LogP contribution in [-0.2, 0) is 33.7 Å². The van der Waals surface area contributed by atoms with E-state index < -0.39 is 35.3 Å². The average Bonchev–Trinajstić information content (AvgIpc) is 3.29. The summed E-state index contributed by atoms with van der Waals surface area (Å²) >= 11 is 0. The van der Waals surface area contributed by atoms with Crippen molar-refractivity contribution >= 4 is 29.8 Å². The van der Waals surface area contributed by atoms with Gasteiger partial charge in [-0.3, -0.25) is 14.4 Å². The van der Waals surface area contributed by atoms with Gasteiger partial charge in [0.2, 0.25) is 5.91 Å². The zero-order valence-corrected chi connectivity index (χ0v) is 31.1. The topological polar surface area (TPSA) is 147 Å². The van der Waals surface area contributed by atoms with E-state index in [4.69, 9.17) is 9.47 Å². The largest absolute Gasteiger partial charge is 0.443 e. The van der Waals surface area contributed by atoms with Gasteiger partial charge in [0.15, 0.2) is 5.78 Å². The first-order valence-electron chi connectivity index (χ1n) is 17.3. The monoisotopic (exact) mass is 680 g/mol. The highest BCUT2D eigenvalue weighted by atomic mass is 16.6. The first-order chi connectivity index (χ1) is 22.7. The van der Waals surface area contributed by atoms with Crippen molar-refractivity contribution in [3.05, 3.63) is 57.9 Å². The minimum atomic E-state index is -0.760. The summed E-state index contributed by atoms with van der Waals surface area (Å²) in [7, 11) is 0. The number of unbranched alkanes of at least 4 members (excludes halogenated alkanes) is 1. The van der Waals surface area contributed by atoms with Crippen molar-refractivity contribution in [2.45, 2.75) is 138 Å². The first kappa shape index (κ1) is 39.3. The van der Waals surface area contributed by atoms with E-state index >= 15 is 0 Å². The molecule has 3 rings (SSSR count). The number of Topliss-reactive ketones (excluding diaryl/α,β-unsaturated/α-hetero) is 1. The van der Waals surface area contributed by atoms with Crippen molar-refractivity contribution in [1.82, 2.24) is 20.5 Å². The van der Waals surface area contributed by atoms with Gasteiger partial charge in [0.25, 0.3) is 5.91 Å². The Morgan fingerprint density at radius 1 is 0.918 bits per heavy atom. The lowest BCUT2D eigenvalue weighted by Gasteiger charge is -2.28. The summed E-state index contributed by atoms with van der Waals surface area (Å²) in [4.78, 5) is 69.2. The minimum Gasteiger partial charge on any atom is -0.443 e. The number of nitrogens with zero attached hydrogens (tertiary/aromatic N) is 1. The molecule has 270 valence electrons. The second-order valence-electron chi connectivity index (χ2n) is 15.8. The number of nitrogens with one attached hydrogen (secondary N) is 3. The maximum absolute atomic E-state index is 13.4. The number of carbonyl (C=O) groups excluding carboxylic acids is 5. The summed E-state index contributed by atoms with van der Waals surface area (Å²) < 4.78 is 10.9. The van der Waals surface area contributed by atoms with Crippen LogP contribution in [0.25, 0.3) is 0 Å². The van der Waals surface area contributed by atoms with E-state index in [9.17, 15) is 24.0 Å². The number of aromatic amines is 1. The quantitative estimate of drug-likeness (QED) is 0.215. The SMILES string of the molecule is CCCCC(NC(=O)c1[nH]c2c(c1C)C(=O)CC(C)(C)C2)C(=O)NCc1ccc(CCCN(C(=O)OC(C)(C)C)C(=O)OC(C)(C)C)cc1. The Hall–Kier alpha value is -4.15. The molecule has 1 heterocycles. The molecule has 1 atom stereocenters. The standard InChI is InChI=1S/C38H56N4O7/c1-11-12-15-27(41-33(45)31-24(2)30-28(40-31)21-38(9,10)22-29(30)43)32(44)39-23-26-18-16-25(17-19-26)14-13-20-42(34(46)48-36(3,4)5)35(47)49-37(6,7)8/h16-19,27,40H,11-15,20-23H2,1-10H3,(H,39,44)(H,41,45). The zero-order chi connectivity index (χ0) is 36.7. The van der Waals surface area contributed by atoms with E-state index in [0.717, 1.165) is 34.6 Å². The number of aryl methyl sites for hydroxylation is 1. The van der Waals surface area contributed by atoms with Crippen LogP contribution in [0.5, 0.6) is 0 Å². The Bertz CT molecular complexity index is 1480. The molecule has 49 heavy (non-hydrogen) atoms. The van der Waals surface area contributed by atoms with Crippen molar-refractivity contribution in [3.8, 4) is 0 Å². The number of ether oxygens (including phenoxy) is 2. The molecule has 3 N–H and O–H groups in total. The van der Waals surface area contributed by atoms with Crippen LogP contribution < -0.4 is 10.6 Å². The van der Waals surface area contributed by atoms with Gasteiger partial charge in [-0.1, -0.05) is 57.9 Å². The third-order valence-corrected chi connectivity index (χ3v) is 8.16. The zero-order valence-electron chi connectivity index (χ0n) is 31.1. The molecule has 1 aliphatic carbocycles. The van der Waals surface area contributed by atoms with E-state index in [-0.39, 0.29) is 30.2 Å². The van der Waals surface area contributed by atoms with Gasteiger partial charge in [0.05, 0.1) is 0 Å². The normalized spacial score (nSPS) is 14.8. The number of hydrogen-bond acceptors (Lipinski definition) is 7. The van der Waals surface area contributed by atoms with Gasteiger partial charge < -0.3 is 25.1 Å². The highest BCUT2D eigenvalue weighted by Crippen LogP contribution is 2.36. The van der Waals surface area contributed by atoms with Gasteiger partial charge in [-0.2, -0.15) is 0 Å². The summed E-state index contributed by atoms with van der Waals surface area (Å²) in [6.07, 6.45) is 2.84. The molecular formula is C38H56N4O7. The summed E-state index contributed by atoms with van der Waals surface area (Å²) in [5, 5.41) is 5.87. The number of imide groups is 1. The van der Waals surface area contributed by atoms with Gasteiger partial charge in [0, 0.05) is 30.8 Å². The van der Waals surface area contributed by atoms with Crippen molar-refractivity contribution in [2.75, 3.05) is 6.54 Å². The van der Waals surface area contributed by atoms with Gasteiger partial charge in [-0.25, -0.2) is 14.5 Å². The molecule has 1 aromatic heterocycles. The summed E-state index contributed by atoms with van der Waals surface area (Å²) in [5.41, 5.74) is 2.54. The first-order valence-corrected chi connectivity index (χ1v) is 17.3. The molecule has 1 aromatic carbocycles. The lowest BCUT2D eigenvalue weighted by atomic mass is 9.75. The van der Waals surface area contributed by atoms with Gasteiger partial charge >= 0.3 is 12.2 Å². The van der Waals surface area contributed by atoms with Crippen LogP contribution in [0.15, 0.2) is 24.3 Å². The second-order valence-corrected chi connectivity index (χ2v) is 15.8. The molecule has 0 radical (unpaired) electrons. The fourth-order valence-corrected chi connectivity index (χ4v) is 5.84. The van der Waals surface area contributed by atoms with Crippen molar-refractivity contribution in [2.24, 2.45) is 5.41 Å².